The predicted molar refractivity (Wildman–Crippen MR) is 122 cm³/mol. The van der Waals surface area contributed by atoms with Crippen LogP contribution in [0, 0.1) is 5.82 Å². The Kier molecular flexibility index (Phi) is 6.81. The third-order valence-electron chi connectivity index (χ3n) is 5.41. The van der Waals surface area contributed by atoms with E-state index in [4.69, 9.17) is 11.6 Å². The number of carbonyl (C=O) groups excluding carboxylic acids is 3. The minimum absolute atomic E-state index is 0.178. The number of fused-ring (bicyclic) bond motifs is 1. The van der Waals surface area contributed by atoms with Gasteiger partial charge in [-0.3, -0.25) is 14.5 Å². The lowest BCUT2D eigenvalue weighted by molar-refractivity contribution is -0.133. The van der Waals surface area contributed by atoms with Crippen LogP contribution in [0.2, 0.25) is 5.02 Å². The fourth-order valence-corrected chi connectivity index (χ4v) is 4.91. The number of rotatable bonds is 7. The molecule has 2 unspecified atom stereocenters. The van der Waals surface area contributed by atoms with E-state index in [0.29, 0.717) is 18.0 Å². The van der Waals surface area contributed by atoms with Crippen LogP contribution in [0.1, 0.15) is 11.1 Å². The molecule has 0 radical (unpaired) electrons. The number of hydrogen-bond donors (Lipinski definition) is 1. The van der Waals surface area contributed by atoms with Crippen LogP contribution in [0.3, 0.4) is 0 Å². The van der Waals surface area contributed by atoms with Crippen molar-refractivity contribution in [1.29, 1.82) is 0 Å². The van der Waals surface area contributed by atoms with Crippen LogP contribution in [0.5, 0.6) is 0 Å². The third kappa shape index (κ3) is 4.81. The van der Waals surface area contributed by atoms with Crippen LogP contribution < -0.4 is 5.32 Å². The van der Waals surface area contributed by atoms with Gasteiger partial charge in [0.1, 0.15) is 17.6 Å². The molecule has 0 aliphatic carbocycles. The number of amides is 4. The lowest BCUT2D eigenvalue weighted by Crippen LogP contribution is -2.63. The highest BCUT2D eigenvalue weighted by atomic mass is 35.5. The summed E-state index contributed by atoms with van der Waals surface area (Å²) in [5.41, 5.74) is 1.27. The minimum Gasteiger partial charge on any atom is -0.354 e. The number of nitrogens with one attached hydrogen (secondary N) is 1. The summed E-state index contributed by atoms with van der Waals surface area (Å²) in [4.78, 5) is 41.0. The zero-order valence-electron chi connectivity index (χ0n) is 17.0. The molecule has 1 fully saturated rings. The fourth-order valence-electron chi connectivity index (χ4n) is 3.72. The minimum atomic E-state index is -0.598. The maximum atomic E-state index is 14.1. The monoisotopic (exact) mass is 473 g/mol. The van der Waals surface area contributed by atoms with Crippen molar-refractivity contribution in [1.82, 2.24) is 15.1 Å². The first-order chi connectivity index (χ1) is 15.4. The Morgan fingerprint density at radius 2 is 1.88 bits per heavy atom. The standard InChI is InChI=1S/C23H21ClFN3O3S/c24-17-7-5-15(6-8-17)9-11-26-20(29)14-27-19-10-12-32-21(19)22(30)28(23(27)31)13-16-3-1-2-4-18(16)25/h1-8,10,12,19,21H,9,11,13-14H2,(H,26,29). The van der Waals surface area contributed by atoms with Gasteiger partial charge in [0, 0.05) is 17.1 Å². The fraction of sp³-hybridized carbons (Fsp3) is 0.261. The van der Waals surface area contributed by atoms with E-state index in [0.717, 1.165) is 10.5 Å². The lowest BCUT2D eigenvalue weighted by atomic mass is 10.1. The van der Waals surface area contributed by atoms with Crippen LogP contribution in [-0.2, 0) is 22.6 Å². The summed E-state index contributed by atoms with van der Waals surface area (Å²) in [6, 6.07) is 12.3. The van der Waals surface area contributed by atoms with Gasteiger partial charge in [-0.15, -0.1) is 11.8 Å². The van der Waals surface area contributed by atoms with Gasteiger partial charge in [-0.1, -0.05) is 48.0 Å². The number of imide groups is 1. The molecule has 9 heteroatoms. The van der Waals surface area contributed by atoms with Crippen molar-refractivity contribution in [3.05, 3.63) is 82.0 Å². The van der Waals surface area contributed by atoms with Crippen molar-refractivity contribution in [2.24, 2.45) is 0 Å². The van der Waals surface area contributed by atoms with Crippen molar-refractivity contribution < 1.29 is 18.8 Å². The number of halogens is 2. The highest BCUT2D eigenvalue weighted by Gasteiger charge is 2.47. The Labute approximate surface area is 194 Å². The van der Waals surface area contributed by atoms with Crippen LogP contribution in [-0.4, -0.2) is 52.0 Å². The second-order valence-electron chi connectivity index (χ2n) is 7.53. The Morgan fingerprint density at radius 3 is 2.62 bits per heavy atom. The van der Waals surface area contributed by atoms with Crippen LogP contribution in [0.4, 0.5) is 9.18 Å². The Balaban J connectivity index is 1.42. The molecule has 2 aromatic carbocycles. The summed E-state index contributed by atoms with van der Waals surface area (Å²) in [5.74, 6) is -1.19. The van der Waals surface area contributed by atoms with E-state index in [9.17, 15) is 18.8 Å². The molecular formula is C23H21ClFN3O3S. The van der Waals surface area contributed by atoms with Crippen molar-refractivity contribution in [3.63, 3.8) is 0 Å². The number of benzene rings is 2. The normalized spacial score (nSPS) is 19.9. The van der Waals surface area contributed by atoms with Crippen molar-refractivity contribution >= 4 is 41.2 Å². The molecule has 1 saturated heterocycles. The van der Waals surface area contributed by atoms with E-state index in [1.165, 1.54) is 28.8 Å². The van der Waals surface area contributed by atoms with Gasteiger partial charge in [-0.05, 0) is 35.6 Å². The van der Waals surface area contributed by atoms with E-state index < -0.39 is 23.1 Å². The van der Waals surface area contributed by atoms with Gasteiger partial charge < -0.3 is 10.2 Å². The van der Waals surface area contributed by atoms with Gasteiger partial charge in [-0.25, -0.2) is 9.18 Å². The molecule has 4 amide bonds. The number of carbonyl (C=O) groups is 3. The van der Waals surface area contributed by atoms with Crippen LogP contribution in [0.25, 0.3) is 0 Å². The topological polar surface area (TPSA) is 69.7 Å². The molecule has 0 aromatic heterocycles. The zero-order chi connectivity index (χ0) is 22.7. The largest absolute Gasteiger partial charge is 0.354 e. The van der Waals surface area contributed by atoms with Crippen molar-refractivity contribution in [2.75, 3.05) is 13.1 Å². The molecule has 0 spiro atoms. The first-order valence-electron chi connectivity index (χ1n) is 10.1. The SMILES string of the molecule is O=C(CN1C(=O)N(Cc2ccccc2F)C(=O)C2SC=CC21)NCCc1ccc(Cl)cc1. The second kappa shape index (κ2) is 9.75. The predicted octanol–water partition coefficient (Wildman–Crippen LogP) is 3.60. The molecule has 166 valence electrons. The highest BCUT2D eigenvalue weighted by Crippen LogP contribution is 2.35. The van der Waals surface area contributed by atoms with E-state index in [1.54, 1.807) is 35.7 Å². The average Bonchev–Trinajstić information content (AvgIpc) is 3.27. The number of hydrogen-bond acceptors (Lipinski definition) is 4. The molecular weight excluding hydrogens is 453 g/mol. The van der Waals surface area contributed by atoms with Gasteiger partial charge in [0.2, 0.25) is 11.8 Å². The number of thioether (sulfide) groups is 1. The zero-order valence-corrected chi connectivity index (χ0v) is 18.6. The Bertz CT molecular complexity index is 1060. The van der Waals surface area contributed by atoms with Crippen LogP contribution >= 0.6 is 23.4 Å². The molecule has 0 saturated carbocycles. The maximum Gasteiger partial charge on any atom is 0.328 e. The van der Waals surface area contributed by atoms with E-state index in [-0.39, 0.29) is 30.5 Å². The molecule has 2 aliphatic heterocycles. The number of urea groups is 1. The first kappa shape index (κ1) is 22.4. The molecule has 32 heavy (non-hydrogen) atoms. The first-order valence-corrected chi connectivity index (χ1v) is 11.4. The van der Waals surface area contributed by atoms with E-state index in [2.05, 4.69) is 5.32 Å². The summed E-state index contributed by atoms with van der Waals surface area (Å²) in [7, 11) is 0. The Morgan fingerprint density at radius 1 is 1.12 bits per heavy atom. The maximum absolute atomic E-state index is 14.1. The molecule has 6 nitrogen and oxygen atoms in total. The molecule has 1 N–H and O–H groups in total. The van der Waals surface area contributed by atoms with Gasteiger partial charge in [0.15, 0.2) is 0 Å². The van der Waals surface area contributed by atoms with Crippen molar-refractivity contribution in [2.45, 2.75) is 24.3 Å². The lowest BCUT2D eigenvalue weighted by Gasteiger charge is -2.41. The number of nitrogens with zero attached hydrogens (tertiary/aromatic N) is 2. The third-order valence-corrected chi connectivity index (χ3v) is 6.75. The summed E-state index contributed by atoms with van der Waals surface area (Å²) < 4.78 is 14.1. The molecule has 0 bridgehead atoms. The van der Waals surface area contributed by atoms with Crippen LogP contribution in [0.15, 0.2) is 60.0 Å². The van der Waals surface area contributed by atoms with Gasteiger partial charge >= 0.3 is 6.03 Å². The quantitative estimate of drug-likeness (QED) is 0.667. The summed E-state index contributed by atoms with van der Waals surface area (Å²) in [6.07, 6.45) is 2.38. The summed E-state index contributed by atoms with van der Waals surface area (Å²) in [6.45, 7) is 0.0361. The Hall–Kier alpha value is -2.84. The second-order valence-corrected chi connectivity index (χ2v) is 9.02. The molecule has 4 rings (SSSR count). The molecule has 2 aliphatic rings. The van der Waals surface area contributed by atoms with Gasteiger partial charge in [-0.2, -0.15) is 0 Å². The average molecular weight is 474 g/mol. The smallest absolute Gasteiger partial charge is 0.328 e. The van der Waals surface area contributed by atoms with E-state index >= 15 is 0 Å². The summed E-state index contributed by atoms with van der Waals surface area (Å²) in [5, 5.41) is 4.69. The van der Waals surface area contributed by atoms with E-state index in [1.807, 2.05) is 12.1 Å². The van der Waals surface area contributed by atoms with Gasteiger partial charge in [0.25, 0.3) is 0 Å². The summed E-state index contributed by atoms with van der Waals surface area (Å²) >= 11 is 7.18. The van der Waals surface area contributed by atoms with Crippen molar-refractivity contribution in [3.8, 4) is 0 Å². The molecule has 2 heterocycles. The highest BCUT2D eigenvalue weighted by molar-refractivity contribution is 8.03. The van der Waals surface area contributed by atoms with Gasteiger partial charge in [0.05, 0.1) is 12.6 Å². The molecule has 2 aromatic rings. The molecule has 2 atom stereocenters.